The number of hydrogen-bond donors (Lipinski definition) is 1. The fourth-order valence-electron chi connectivity index (χ4n) is 3.25. The zero-order valence-electron chi connectivity index (χ0n) is 18.7. The summed E-state index contributed by atoms with van der Waals surface area (Å²) in [5.74, 6) is 1.18. The van der Waals surface area contributed by atoms with Crippen LogP contribution in [0.5, 0.6) is 17.2 Å². The first-order valence-electron chi connectivity index (χ1n) is 10.5. The summed E-state index contributed by atoms with van der Waals surface area (Å²) < 4.78 is 43.1. The summed E-state index contributed by atoms with van der Waals surface area (Å²) in [5, 5.41) is 3.66. The molecular weight excluding hydrogens is 462 g/mol. The van der Waals surface area contributed by atoms with Crippen molar-refractivity contribution in [1.29, 1.82) is 0 Å². The van der Waals surface area contributed by atoms with Crippen molar-refractivity contribution in [3.8, 4) is 17.2 Å². The lowest BCUT2D eigenvalue weighted by Gasteiger charge is -2.18. The second kappa shape index (κ2) is 11.2. The van der Waals surface area contributed by atoms with Crippen molar-refractivity contribution < 1.29 is 27.4 Å². The molecule has 3 rings (SSSR count). The highest BCUT2D eigenvalue weighted by Gasteiger charge is 2.30. The number of nitrogens with one attached hydrogen (secondary N) is 1. The lowest BCUT2D eigenvalue weighted by Crippen LogP contribution is -2.31. The molecule has 176 valence electrons. The van der Waals surface area contributed by atoms with Gasteiger partial charge in [0.05, 0.1) is 25.2 Å². The minimum atomic E-state index is -3.76. The van der Waals surface area contributed by atoms with Crippen molar-refractivity contribution in [1.82, 2.24) is 5.32 Å². The summed E-state index contributed by atoms with van der Waals surface area (Å²) in [6.45, 7) is 4.52. The normalized spacial score (nSPS) is 12.1. The van der Waals surface area contributed by atoms with Gasteiger partial charge in [0.25, 0.3) is 5.91 Å². The summed E-state index contributed by atoms with van der Waals surface area (Å²) in [7, 11) is -2.24. The number of ether oxygens (including phenoxy) is 3. The highest BCUT2D eigenvalue weighted by molar-refractivity contribution is 7.91. The highest BCUT2D eigenvalue weighted by Crippen LogP contribution is 2.33. The number of thiophene rings is 1. The number of carbonyl (C=O) groups is 1. The smallest absolute Gasteiger partial charge is 0.251 e. The van der Waals surface area contributed by atoms with Gasteiger partial charge in [0, 0.05) is 17.0 Å². The molecule has 0 saturated carbocycles. The van der Waals surface area contributed by atoms with Crippen LogP contribution in [-0.4, -0.2) is 41.2 Å². The van der Waals surface area contributed by atoms with Crippen LogP contribution in [0.25, 0.3) is 0 Å². The molecule has 33 heavy (non-hydrogen) atoms. The Balaban J connectivity index is 1.83. The minimum Gasteiger partial charge on any atom is -0.497 e. The first-order chi connectivity index (χ1) is 15.9. The topological polar surface area (TPSA) is 90.9 Å². The van der Waals surface area contributed by atoms with Crippen LogP contribution in [0.2, 0.25) is 0 Å². The fourth-order valence-corrected chi connectivity index (χ4v) is 6.03. The van der Waals surface area contributed by atoms with Gasteiger partial charge in [0.15, 0.2) is 21.3 Å². The third-order valence-corrected chi connectivity index (χ3v) is 8.11. The van der Waals surface area contributed by atoms with Gasteiger partial charge in [-0.05, 0) is 67.8 Å². The Labute approximate surface area is 198 Å². The molecular formula is C24H27NO6S2. The van der Waals surface area contributed by atoms with Crippen LogP contribution in [0, 0.1) is 0 Å². The van der Waals surface area contributed by atoms with Gasteiger partial charge in [0.2, 0.25) is 0 Å². The first-order valence-corrected chi connectivity index (χ1v) is 12.9. The van der Waals surface area contributed by atoms with E-state index in [1.54, 1.807) is 42.5 Å². The van der Waals surface area contributed by atoms with E-state index in [0.717, 1.165) is 0 Å². The standard InChI is InChI=1S/C24H27NO6S2/c1-4-30-20-13-8-17(15-21(20)31-5-2)24(26)25-16-23(22-7-6-14-32-22)33(27,28)19-11-9-18(29-3)10-12-19/h6-15,23H,4-5,16H2,1-3H3,(H,25,26)/t23-/m0/s1. The van der Waals surface area contributed by atoms with E-state index in [-0.39, 0.29) is 11.4 Å². The van der Waals surface area contributed by atoms with Gasteiger partial charge < -0.3 is 19.5 Å². The van der Waals surface area contributed by atoms with E-state index in [9.17, 15) is 13.2 Å². The average Bonchev–Trinajstić information content (AvgIpc) is 3.35. The Morgan fingerprint density at radius 1 is 1.00 bits per heavy atom. The van der Waals surface area contributed by atoms with Crippen molar-refractivity contribution in [2.45, 2.75) is 24.0 Å². The Kier molecular flexibility index (Phi) is 8.35. The lowest BCUT2D eigenvalue weighted by atomic mass is 10.2. The van der Waals surface area contributed by atoms with Gasteiger partial charge in [-0.25, -0.2) is 8.42 Å². The Morgan fingerprint density at radius 2 is 1.70 bits per heavy atom. The van der Waals surface area contributed by atoms with Gasteiger partial charge in [-0.2, -0.15) is 0 Å². The van der Waals surface area contributed by atoms with E-state index in [1.165, 1.54) is 30.6 Å². The van der Waals surface area contributed by atoms with E-state index in [1.807, 2.05) is 19.2 Å². The molecule has 0 aliphatic rings. The summed E-state index contributed by atoms with van der Waals surface area (Å²) in [6.07, 6.45) is 0. The van der Waals surface area contributed by atoms with E-state index in [0.29, 0.717) is 40.9 Å². The molecule has 1 amide bonds. The minimum absolute atomic E-state index is 0.0785. The summed E-state index contributed by atoms with van der Waals surface area (Å²) in [4.78, 5) is 13.7. The monoisotopic (exact) mass is 489 g/mol. The molecule has 7 nitrogen and oxygen atoms in total. The van der Waals surface area contributed by atoms with Crippen LogP contribution in [-0.2, 0) is 9.84 Å². The second-order valence-electron chi connectivity index (χ2n) is 6.96. The Morgan fingerprint density at radius 3 is 2.30 bits per heavy atom. The van der Waals surface area contributed by atoms with E-state index in [4.69, 9.17) is 14.2 Å². The molecule has 3 aromatic rings. The largest absolute Gasteiger partial charge is 0.497 e. The molecule has 9 heteroatoms. The maximum atomic E-state index is 13.4. The molecule has 0 aliphatic heterocycles. The third kappa shape index (κ3) is 5.85. The molecule has 0 bridgehead atoms. The zero-order valence-corrected chi connectivity index (χ0v) is 20.4. The predicted octanol–water partition coefficient (Wildman–Crippen LogP) is 4.50. The molecule has 1 N–H and O–H groups in total. The van der Waals surface area contributed by atoms with Gasteiger partial charge in [-0.15, -0.1) is 11.3 Å². The number of carbonyl (C=O) groups excluding carboxylic acids is 1. The second-order valence-corrected chi connectivity index (χ2v) is 10.1. The number of rotatable bonds is 11. The maximum Gasteiger partial charge on any atom is 0.251 e. The molecule has 0 saturated heterocycles. The van der Waals surface area contributed by atoms with Crippen LogP contribution in [0.15, 0.2) is 64.9 Å². The van der Waals surface area contributed by atoms with Crippen molar-refractivity contribution in [2.75, 3.05) is 26.9 Å². The van der Waals surface area contributed by atoms with E-state index >= 15 is 0 Å². The quantitative estimate of drug-likeness (QED) is 0.427. The summed E-state index contributed by atoms with van der Waals surface area (Å²) >= 11 is 1.33. The average molecular weight is 490 g/mol. The van der Waals surface area contributed by atoms with Crippen LogP contribution in [0.3, 0.4) is 0 Å². The van der Waals surface area contributed by atoms with Crippen molar-refractivity contribution in [3.05, 3.63) is 70.4 Å². The third-order valence-electron chi connectivity index (χ3n) is 4.88. The van der Waals surface area contributed by atoms with Crippen LogP contribution >= 0.6 is 11.3 Å². The zero-order chi connectivity index (χ0) is 23.8. The molecule has 0 unspecified atom stereocenters. The number of methoxy groups -OCH3 is 1. The van der Waals surface area contributed by atoms with Crippen LogP contribution < -0.4 is 19.5 Å². The van der Waals surface area contributed by atoms with Gasteiger partial charge in [-0.1, -0.05) is 6.07 Å². The Bertz CT molecular complexity index is 1160. The van der Waals surface area contributed by atoms with Crippen molar-refractivity contribution >= 4 is 27.1 Å². The summed E-state index contributed by atoms with van der Waals surface area (Å²) in [5.41, 5.74) is 0.355. The SMILES string of the molecule is CCOc1ccc(C(=O)NC[C@@H](c2cccs2)S(=O)(=O)c2ccc(OC)cc2)cc1OCC. The molecule has 2 aromatic carbocycles. The highest BCUT2D eigenvalue weighted by atomic mass is 32.2. The summed E-state index contributed by atoms with van der Waals surface area (Å²) in [6, 6.07) is 14.7. The van der Waals surface area contributed by atoms with E-state index < -0.39 is 21.0 Å². The van der Waals surface area contributed by atoms with Crippen molar-refractivity contribution in [3.63, 3.8) is 0 Å². The lowest BCUT2D eigenvalue weighted by molar-refractivity contribution is 0.0953. The first kappa shape index (κ1) is 24.6. The number of benzene rings is 2. The van der Waals surface area contributed by atoms with Gasteiger partial charge >= 0.3 is 0 Å². The number of sulfone groups is 1. The number of amides is 1. The molecule has 0 aliphatic carbocycles. The molecule has 1 aromatic heterocycles. The van der Waals surface area contributed by atoms with Crippen LogP contribution in [0.1, 0.15) is 34.3 Å². The molecule has 0 spiro atoms. The predicted molar refractivity (Wildman–Crippen MR) is 128 cm³/mol. The Hall–Kier alpha value is -3.04. The van der Waals surface area contributed by atoms with Crippen molar-refractivity contribution in [2.24, 2.45) is 0 Å². The molecule has 0 fully saturated rings. The molecule has 1 atom stereocenters. The molecule has 0 radical (unpaired) electrons. The van der Waals surface area contributed by atoms with Crippen LogP contribution in [0.4, 0.5) is 0 Å². The fraction of sp³-hybridized carbons (Fsp3) is 0.292. The van der Waals surface area contributed by atoms with E-state index in [2.05, 4.69) is 5.32 Å². The number of hydrogen-bond acceptors (Lipinski definition) is 7. The van der Waals surface area contributed by atoms with Gasteiger partial charge in [0.1, 0.15) is 11.0 Å². The molecule has 1 heterocycles. The maximum absolute atomic E-state index is 13.4. The van der Waals surface area contributed by atoms with Gasteiger partial charge in [-0.3, -0.25) is 4.79 Å².